The second-order valence-corrected chi connectivity index (χ2v) is 5.68. The monoisotopic (exact) mass is 296 g/mol. The first kappa shape index (κ1) is 13.6. The quantitative estimate of drug-likeness (QED) is 0.740. The van der Waals surface area contributed by atoms with Crippen LogP contribution in [0.25, 0.3) is 11.3 Å². The number of rotatable bonds is 4. The van der Waals surface area contributed by atoms with Gasteiger partial charge in [0.1, 0.15) is 5.75 Å². The van der Waals surface area contributed by atoms with Crippen LogP contribution in [0.2, 0.25) is 0 Å². The van der Waals surface area contributed by atoms with E-state index in [-0.39, 0.29) is 0 Å². The first-order valence-electron chi connectivity index (χ1n) is 6.68. The molecule has 0 unspecified atom stereocenters. The van der Waals surface area contributed by atoms with Gasteiger partial charge in [0.05, 0.1) is 17.8 Å². The number of nitrogens with two attached hydrogens (primary N) is 1. The van der Waals surface area contributed by atoms with Crippen molar-refractivity contribution in [3.63, 3.8) is 0 Å². The lowest BCUT2D eigenvalue weighted by atomic mass is 10.1. The van der Waals surface area contributed by atoms with E-state index in [1.807, 2.05) is 42.5 Å². The number of nitrogen functional groups attached to an aromatic ring is 1. The molecule has 0 bridgehead atoms. The molecule has 0 amide bonds. The molecule has 0 spiro atoms. The maximum absolute atomic E-state index is 5.71. The number of para-hydroxylation sites is 1. The Kier molecular flexibility index (Phi) is 3.88. The first-order chi connectivity index (χ1) is 10.3. The van der Waals surface area contributed by atoms with Crippen LogP contribution in [0.1, 0.15) is 10.6 Å². The number of hydrogen-bond donors (Lipinski definition) is 1. The molecule has 21 heavy (non-hydrogen) atoms. The Morgan fingerprint density at radius 1 is 1.10 bits per heavy atom. The molecule has 3 aromatic rings. The van der Waals surface area contributed by atoms with Crippen LogP contribution in [0.3, 0.4) is 0 Å². The molecule has 0 aliphatic rings. The summed E-state index contributed by atoms with van der Waals surface area (Å²) in [5, 5.41) is 3.15. The third kappa shape index (κ3) is 3.06. The average molecular weight is 296 g/mol. The number of ether oxygens (including phenoxy) is 1. The number of hydrogen-bond acceptors (Lipinski definition) is 4. The van der Waals surface area contributed by atoms with Gasteiger partial charge in [0.25, 0.3) is 0 Å². The average Bonchev–Trinajstić information content (AvgIpc) is 2.97. The molecule has 0 fully saturated rings. The minimum Gasteiger partial charge on any atom is -0.496 e. The van der Waals surface area contributed by atoms with Gasteiger partial charge in [-0.1, -0.05) is 30.3 Å². The topological polar surface area (TPSA) is 48.1 Å². The lowest BCUT2D eigenvalue weighted by Gasteiger charge is -2.05. The van der Waals surface area contributed by atoms with Crippen molar-refractivity contribution in [3.05, 3.63) is 64.5 Å². The second-order valence-electron chi connectivity index (χ2n) is 4.74. The Bertz CT molecular complexity index is 735. The van der Waals surface area contributed by atoms with Crippen LogP contribution < -0.4 is 10.5 Å². The fourth-order valence-electron chi connectivity index (χ4n) is 2.19. The normalized spacial score (nSPS) is 10.5. The highest BCUT2D eigenvalue weighted by molar-refractivity contribution is 7.10. The Morgan fingerprint density at radius 2 is 1.86 bits per heavy atom. The number of nitrogens with zero attached hydrogens (tertiary/aromatic N) is 1. The molecule has 0 saturated heterocycles. The van der Waals surface area contributed by atoms with Crippen LogP contribution in [0.5, 0.6) is 5.75 Å². The summed E-state index contributed by atoms with van der Waals surface area (Å²) < 4.78 is 5.39. The molecular weight excluding hydrogens is 280 g/mol. The van der Waals surface area contributed by atoms with Crippen molar-refractivity contribution in [2.24, 2.45) is 0 Å². The van der Waals surface area contributed by atoms with Crippen molar-refractivity contribution in [3.8, 4) is 17.0 Å². The summed E-state index contributed by atoms with van der Waals surface area (Å²) in [6.07, 6.45) is 0.781. The van der Waals surface area contributed by atoms with Gasteiger partial charge >= 0.3 is 0 Å². The Morgan fingerprint density at radius 3 is 2.62 bits per heavy atom. The third-order valence-electron chi connectivity index (χ3n) is 3.29. The van der Waals surface area contributed by atoms with Crippen LogP contribution in [0.15, 0.2) is 53.9 Å². The molecule has 1 heterocycles. The largest absolute Gasteiger partial charge is 0.496 e. The molecule has 2 N–H and O–H groups in total. The van der Waals surface area contributed by atoms with E-state index >= 15 is 0 Å². The number of aromatic nitrogens is 1. The molecule has 0 atom stereocenters. The minimum atomic E-state index is 0.767. The second kappa shape index (κ2) is 5.97. The summed E-state index contributed by atoms with van der Waals surface area (Å²) in [4.78, 5) is 4.70. The molecule has 0 aliphatic carbocycles. The molecule has 106 valence electrons. The number of thiazole rings is 1. The summed E-state index contributed by atoms with van der Waals surface area (Å²) in [5.41, 5.74) is 9.71. The van der Waals surface area contributed by atoms with Gasteiger partial charge in [0.15, 0.2) is 0 Å². The fraction of sp³-hybridized carbons (Fsp3) is 0.118. The minimum absolute atomic E-state index is 0.767. The Balaban J connectivity index is 1.83. The zero-order chi connectivity index (χ0) is 14.7. The summed E-state index contributed by atoms with van der Waals surface area (Å²) >= 11 is 1.66. The van der Waals surface area contributed by atoms with Crippen molar-refractivity contribution in [1.29, 1.82) is 0 Å². The van der Waals surface area contributed by atoms with Crippen LogP contribution in [0.4, 0.5) is 5.69 Å². The Hall–Kier alpha value is -2.33. The van der Waals surface area contributed by atoms with Crippen LogP contribution in [-0.4, -0.2) is 12.1 Å². The fourth-order valence-corrected chi connectivity index (χ4v) is 3.02. The molecule has 0 aliphatic heterocycles. The summed E-state index contributed by atoms with van der Waals surface area (Å²) in [5.74, 6) is 0.904. The van der Waals surface area contributed by atoms with Crippen molar-refractivity contribution < 1.29 is 4.74 Å². The molecule has 3 nitrogen and oxygen atoms in total. The van der Waals surface area contributed by atoms with Crippen molar-refractivity contribution in [1.82, 2.24) is 4.98 Å². The van der Waals surface area contributed by atoms with Gasteiger partial charge in [-0.15, -0.1) is 11.3 Å². The van der Waals surface area contributed by atoms with Gasteiger partial charge in [-0.05, 0) is 18.2 Å². The van der Waals surface area contributed by atoms with Crippen LogP contribution in [-0.2, 0) is 6.42 Å². The molecule has 0 radical (unpaired) electrons. The zero-order valence-corrected chi connectivity index (χ0v) is 12.6. The van der Waals surface area contributed by atoms with Crippen molar-refractivity contribution >= 4 is 17.0 Å². The summed E-state index contributed by atoms with van der Waals surface area (Å²) in [6.45, 7) is 0. The lowest BCUT2D eigenvalue weighted by Crippen LogP contribution is -1.93. The molecule has 0 saturated carbocycles. The van der Waals surface area contributed by atoms with E-state index in [4.69, 9.17) is 15.5 Å². The van der Waals surface area contributed by atoms with Crippen LogP contribution >= 0.6 is 11.3 Å². The van der Waals surface area contributed by atoms with Gasteiger partial charge < -0.3 is 10.5 Å². The Labute approximate surface area is 128 Å². The summed E-state index contributed by atoms with van der Waals surface area (Å²) in [7, 11) is 1.69. The van der Waals surface area contributed by atoms with Gasteiger partial charge in [-0.25, -0.2) is 4.98 Å². The zero-order valence-electron chi connectivity index (χ0n) is 11.7. The van der Waals surface area contributed by atoms with E-state index in [2.05, 4.69) is 11.4 Å². The predicted molar refractivity (Wildman–Crippen MR) is 87.8 cm³/mol. The van der Waals surface area contributed by atoms with E-state index in [0.29, 0.717) is 0 Å². The number of methoxy groups -OCH3 is 1. The van der Waals surface area contributed by atoms with Crippen molar-refractivity contribution in [2.75, 3.05) is 12.8 Å². The lowest BCUT2D eigenvalue weighted by molar-refractivity contribution is 0.410. The van der Waals surface area contributed by atoms with E-state index in [9.17, 15) is 0 Å². The highest BCUT2D eigenvalue weighted by Gasteiger charge is 2.08. The maximum Gasteiger partial charge on any atom is 0.122 e. The van der Waals surface area contributed by atoms with Gasteiger partial charge in [0.2, 0.25) is 0 Å². The van der Waals surface area contributed by atoms with E-state index in [1.54, 1.807) is 18.4 Å². The highest BCUT2D eigenvalue weighted by Crippen LogP contribution is 2.26. The van der Waals surface area contributed by atoms with Gasteiger partial charge in [-0.2, -0.15) is 0 Å². The highest BCUT2D eigenvalue weighted by atomic mass is 32.1. The SMILES string of the molecule is COc1ccccc1Cc1nc(-c2ccc(N)cc2)cs1. The molecular formula is C17H16N2OS. The molecule has 1 aromatic heterocycles. The van der Waals surface area contributed by atoms with Gasteiger partial charge in [0, 0.05) is 28.6 Å². The maximum atomic E-state index is 5.71. The van der Waals surface area contributed by atoms with E-state index in [0.717, 1.165) is 39.7 Å². The van der Waals surface area contributed by atoms with E-state index < -0.39 is 0 Å². The number of benzene rings is 2. The van der Waals surface area contributed by atoms with E-state index in [1.165, 1.54) is 0 Å². The molecule has 2 aromatic carbocycles. The summed E-state index contributed by atoms with van der Waals surface area (Å²) in [6, 6.07) is 15.8. The smallest absolute Gasteiger partial charge is 0.122 e. The van der Waals surface area contributed by atoms with Crippen LogP contribution in [0, 0.1) is 0 Å². The standard InChI is InChI=1S/C17H16N2OS/c1-20-16-5-3-2-4-13(16)10-17-19-15(11-21-17)12-6-8-14(18)9-7-12/h2-9,11H,10,18H2,1H3. The third-order valence-corrected chi connectivity index (χ3v) is 4.14. The predicted octanol–water partition coefficient (Wildman–Crippen LogP) is 3.99. The first-order valence-corrected chi connectivity index (χ1v) is 7.56. The molecule has 4 heteroatoms. The number of anilines is 1. The van der Waals surface area contributed by atoms with Crippen molar-refractivity contribution in [2.45, 2.75) is 6.42 Å². The molecule has 3 rings (SSSR count). The van der Waals surface area contributed by atoms with Gasteiger partial charge in [-0.3, -0.25) is 0 Å².